The molecule has 1 N–H and O–H groups in total. The molecule has 0 saturated carbocycles. The van der Waals surface area contributed by atoms with E-state index in [1.54, 1.807) is 12.1 Å². The lowest BCUT2D eigenvalue weighted by atomic mass is 10.1. The normalized spacial score (nSPS) is 16.5. The number of nitrogens with zero attached hydrogens (tertiary/aromatic N) is 2. The number of piperidine rings is 1. The van der Waals surface area contributed by atoms with E-state index in [1.165, 1.54) is 19.3 Å². The Morgan fingerprint density at radius 1 is 1.26 bits per heavy atom. The van der Waals surface area contributed by atoms with Crippen LogP contribution in [-0.2, 0) is 0 Å². The minimum absolute atomic E-state index is 0.274. The molecule has 0 amide bonds. The number of amidine groups is 1. The molecule has 1 aromatic carbocycles. The summed E-state index contributed by atoms with van der Waals surface area (Å²) in [4.78, 5) is 18.0. The minimum atomic E-state index is -0.922. The zero-order chi connectivity index (χ0) is 13.8. The summed E-state index contributed by atoms with van der Waals surface area (Å²) in [6, 6.07) is 5.35. The number of rotatable bonds is 2. The average molecular weight is 260 g/mol. The molecule has 0 bridgehead atoms. The van der Waals surface area contributed by atoms with Crippen molar-refractivity contribution >= 4 is 17.5 Å². The van der Waals surface area contributed by atoms with Gasteiger partial charge in [-0.2, -0.15) is 0 Å². The van der Waals surface area contributed by atoms with Crippen molar-refractivity contribution in [3.05, 3.63) is 29.3 Å². The molecule has 1 heterocycles. The summed E-state index contributed by atoms with van der Waals surface area (Å²) in [5.74, 6) is -0.0139. The minimum Gasteiger partial charge on any atom is -0.478 e. The Balaban J connectivity index is 2.28. The number of carboxylic acid groups (broad SMARTS) is 1. The van der Waals surface area contributed by atoms with Gasteiger partial charge in [-0.3, -0.25) is 0 Å². The summed E-state index contributed by atoms with van der Waals surface area (Å²) >= 11 is 0. The second-order valence-electron chi connectivity index (χ2n) is 5.03. The first kappa shape index (κ1) is 13.6. The third-order valence-corrected chi connectivity index (χ3v) is 3.48. The number of hydrogen-bond donors (Lipinski definition) is 1. The highest BCUT2D eigenvalue weighted by atomic mass is 16.4. The van der Waals surface area contributed by atoms with Crippen LogP contribution in [0.3, 0.4) is 0 Å². The Bertz CT molecular complexity index is 503. The molecule has 1 aliphatic heterocycles. The Kier molecular flexibility index (Phi) is 4.20. The zero-order valence-corrected chi connectivity index (χ0v) is 11.5. The van der Waals surface area contributed by atoms with Gasteiger partial charge < -0.3 is 10.0 Å². The highest BCUT2D eigenvalue weighted by Crippen LogP contribution is 2.22. The molecule has 1 saturated heterocycles. The number of aliphatic imine (C=N–C) groups is 1. The van der Waals surface area contributed by atoms with Crippen LogP contribution in [0.15, 0.2) is 23.2 Å². The molecule has 0 aromatic heterocycles. The van der Waals surface area contributed by atoms with Gasteiger partial charge in [0.2, 0.25) is 0 Å². The Morgan fingerprint density at radius 2 is 1.95 bits per heavy atom. The van der Waals surface area contributed by atoms with E-state index in [9.17, 15) is 9.90 Å². The van der Waals surface area contributed by atoms with Gasteiger partial charge in [0.15, 0.2) is 0 Å². The second-order valence-corrected chi connectivity index (χ2v) is 5.03. The summed E-state index contributed by atoms with van der Waals surface area (Å²) in [5, 5.41) is 9.23. The summed E-state index contributed by atoms with van der Waals surface area (Å²) in [5.41, 5.74) is 1.75. The predicted molar refractivity (Wildman–Crippen MR) is 76.3 cm³/mol. The van der Waals surface area contributed by atoms with E-state index in [0.29, 0.717) is 5.69 Å². The van der Waals surface area contributed by atoms with Crippen molar-refractivity contribution in [2.45, 2.75) is 33.1 Å². The number of carboxylic acids is 1. The largest absolute Gasteiger partial charge is 0.478 e. The van der Waals surface area contributed by atoms with Crippen molar-refractivity contribution in [2.75, 3.05) is 13.1 Å². The molecular weight excluding hydrogens is 240 g/mol. The number of carbonyl (C=O) groups is 1. The van der Waals surface area contributed by atoms with Crippen molar-refractivity contribution < 1.29 is 9.90 Å². The number of likely N-dealkylation sites (tertiary alicyclic amines) is 1. The lowest BCUT2D eigenvalue weighted by Gasteiger charge is -2.28. The lowest BCUT2D eigenvalue weighted by Crippen LogP contribution is -2.33. The molecule has 0 spiro atoms. The van der Waals surface area contributed by atoms with Crippen molar-refractivity contribution in [1.29, 1.82) is 0 Å². The van der Waals surface area contributed by atoms with Crippen molar-refractivity contribution in [2.24, 2.45) is 4.99 Å². The third kappa shape index (κ3) is 3.34. The van der Waals surface area contributed by atoms with E-state index >= 15 is 0 Å². The van der Waals surface area contributed by atoms with E-state index in [-0.39, 0.29) is 5.56 Å². The monoisotopic (exact) mass is 260 g/mol. The summed E-state index contributed by atoms with van der Waals surface area (Å²) in [7, 11) is 0. The number of aryl methyl sites for hydroxylation is 1. The number of aromatic carboxylic acids is 1. The van der Waals surface area contributed by atoms with Crippen LogP contribution in [0.4, 0.5) is 5.69 Å². The molecule has 1 fully saturated rings. The molecule has 19 heavy (non-hydrogen) atoms. The van der Waals surface area contributed by atoms with E-state index in [0.717, 1.165) is 24.5 Å². The standard InChI is InChI=1S/C15H20N2O2/c1-11-6-7-14(13(10-11)15(18)19)16-12(2)17-8-4-3-5-9-17/h6-7,10H,3-5,8-9H2,1-2H3,(H,18,19). The van der Waals surface area contributed by atoms with Crippen molar-refractivity contribution in [1.82, 2.24) is 4.90 Å². The zero-order valence-electron chi connectivity index (χ0n) is 11.5. The maximum atomic E-state index is 11.2. The summed E-state index contributed by atoms with van der Waals surface area (Å²) in [6.45, 7) is 5.88. The van der Waals surface area contributed by atoms with E-state index < -0.39 is 5.97 Å². The van der Waals surface area contributed by atoms with Crippen LogP contribution < -0.4 is 0 Å². The lowest BCUT2D eigenvalue weighted by molar-refractivity contribution is 0.0697. The highest BCUT2D eigenvalue weighted by molar-refractivity contribution is 5.95. The topological polar surface area (TPSA) is 52.9 Å². The SMILES string of the molecule is CC(=Nc1ccc(C)cc1C(=O)O)N1CCCCC1. The molecule has 2 rings (SSSR count). The maximum Gasteiger partial charge on any atom is 0.337 e. The quantitative estimate of drug-likeness (QED) is 0.656. The van der Waals surface area contributed by atoms with Gasteiger partial charge >= 0.3 is 5.97 Å². The first-order chi connectivity index (χ1) is 9.08. The molecule has 102 valence electrons. The highest BCUT2D eigenvalue weighted by Gasteiger charge is 2.14. The molecule has 0 unspecified atom stereocenters. The molecule has 4 nitrogen and oxygen atoms in total. The Labute approximate surface area is 113 Å². The van der Waals surface area contributed by atoms with Gasteiger partial charge in [0, 0.05) is 13.1 Å². The van der Waals surface area contributed by atoms with Gasteiger partial charge in [0.05, 0.1) is 11.3 Å². The van der Waals surface area contributed by atoms with E-state index in [4.69, 9.17) is 0 Å². The fraction of sp³-hybridized carbons (Fsp3) is 0.467. The van der Waals surface area contributed by atoms with Gasteiger partial charge in [-0.15, -0.1) is 0 Å². The molecule has 0 atom stereocenters. The van der Waals surface area contributed by atoms with Crippen molar-refractivity contribution in [3.63, 3.8) is 0 Å². The fourth-order valence-electron chi connectivity index (χ4n) is 2.38. The first-order valence-corrected chi connectivity index (χ1v) is 6.72. The summed E-state index contributed by atoms with van der Waals surface area (Å²) in [6.07, 6.45) is 3.65. The van der Waals surface area contributed by atoms with Crippen LogP contribution in [0.25, 0.3) is 0 Å². The Morgan fingerprint density at radius 3 is 2.58 bits per heavy atom. The van der Waals surface area contributed by atoms with Crippen LogP contribution >= 0.6 is 0 Å². The van der Waals surface area contributed by atoms with Crippen molar-refractivity contribution in [3.8, 4) is 0 Å². The van der Waals surface area contributed by atoms with Crippen LogP contribution in [0.2, 0.25) is 0 Å². The fourth-order valence-corrected chi connectivity index (χ4v) is 2.38. The van der Waals surface area contributed by atoms with E-state index in [2.05, 4.69) is 9.89 Å². The molecule has 0 aliphatic carbocycles. The smallest absolute Gasteiger partial charge is 0.337 e. The molecular formula is C15H20N2O2. The average Bonchev–Trinajstić information content (AvgIpc) is 2.41. The Hall–Kier alpha value is -1.84. The van der Waals surface area contributed by atoms with Crippen LogP contribution in [0.1, 0.15) is 42.1 Å². The van der Waals surface area contributed by atoms with Crippen LogP contribution in [0, 0.1) is 6.92 Å². The van der Waals surface area contributed by atoms with Gasteiger partial charge in [-0.25, -0.2) is 9.79 Å². The molecule has 4 heteroatoms. The van der Waals surface area contributed by atoms with Gasteiger partial charge in [0.25, 0.3) is 0 Å². The summed E-state index contributed by atoms with van der Waals surface area (Å²) < 4.78 is 0. The van der Waals surface area contributed by atoms with E-state index in [1.807, 2.05) is 19.9 Å². The molecule has 1 aromatic rings. The molecule has 1 aliphatic rings. The van der Waals surface area contributed by atoms with Crippen LogP contribution in [-0.4, -0.2) is 34.9 Å². The van der Waals surface area contributed by atoms with Gasteiger partial charge in [0.1, 0.15) is 5.84 Å². The van der Waals surface area contributed by atoms with Gasteiger partial charge in [-0.05, 0) is 45.2 Å². The maximum absolute atomic E-state index is 11.2. The predicted octanol–water partition coefficient (Wildman–Crippen LogP) is 3.23. The van der Waals surface area contributed by atoms with Crippen LogP contribution in [0.5, 0.6) is 0 Å². The second kappa shape index (κ2) is 5.87. The van der Waals surface area contributed by atoms with Gasteiger partial charge in [-0.1, -0.05) is 11.6 Å². The third-order valence-electron chi connectivity index (χ3n) is 3.48. The first-order valence-electron chi connectivity index (χ1n) is 6.72. The molecule has 0 radical (unpaired) electrons. The number of benzene rings is 1. The number of hydrogen-bond acceptors (Lipinski definition) is 2.